The molecular weight excluding hydrogens is 413 g/mol. The quantitative estimate of drug-likeness (QED) is 0.461. The fourth-order valence-electron chi connectivity index (χ4n) is 2.55. The highest BCUT2D eigenvalue weighted by molar-refractivity contribution is 7.80. The number of methoxy groups -OCH3 is 1. The largest absolute Gasteiger partial charge is 0.497 e. The molecule has 0 unspecified atom stereocenters. The van der Waals surface area contributed by atoms with Crippen LogP contribution in [0.25, 0.3) is 0 Å². The van der Waals surface area contributed by atoms with Crippen LogP contribution in [0.15, 0.2) is 66.7 Å². The van der Waals surface area contributed by atoms with E-state index in [1.165, 1.54) is 0 Å². The lowest BCUT2D eigenvalue weighted by Crippen LogP contribution is -2.21. The van der Waals surface area contributed by atoms with Gasteiger partial charge in [0.2, 0.25) is 0 Å². The van der Waals surface area contributed by atoms with Gasteiger partial charge in [-0.1, -0.05) is 65.8 Å². The molecule has 3 aromatic rings. The first-order valence-corrected chi connectivity index (χ1v) is 9.79. The standard InChI is InChI=1S/C22H19Cl2NO2S/c1-26-19-9-5-15(6-10-19)13-25-22(28)16-3-2-4-20(11-16)27-14-17-7-8-18(23)12-21(17)24/h2-12H,13-14H2,1H3,(H,25,28). The van der Waals surface area contributed by atoms with Crippen molar-refractivity contribution in [2.24, 2.45) is 0 Å². The van der Waals surface area contributed by atoms with Crippen LogP contribution in [0.3, 0.4) is 0 Å². The molecule has 0 atom stereocenters. The average Bonchev–Trinajstić information content (AvgIpc) is 2.72. The van der Waals surface area contributed by atoms with Gasteiger partial charge in [0.15, 0.2) is 0 Å². The van der Waals surface area contributed by atoms with Crippen molar-refractivity contribution in [3.8, 4) is 11.5 Å². The van der Waals surface area contributed by atoms with E-state index in [0.717, 1.165) is 28.2 Å². The summed E-state index contributed by atoms with van der Waals surface area (Å²) in [5.74, 6) is 1.55. The molecule has 0 aliphatic rings. The summed E-state index contributed by atoms with van der Waals surface area (Å²) < 4.78 is 11.0. The molecule has 144 valence electrons. The van der Waals surface area contributed by atoms with Crippen molar-refractivity contribution in [2.45, 2.75) is 13.2 Å². The van der Waals surface area contributed by atoms with Crippen molar-refractivity contribution >= 4 is 40.4 Å². The molecular formula is C22H19Cl2NO2S. The molecule has 0 aliphatic carbocycles. The highest BCUT2D eigenvalue weighted by Crippen LogP contribution is 2.23. The van der Waals surface area contributed by atoms with Gasteiger partial charge in [0.05, 0.1) is 7.11 Å². The molecule has 6 heteroatoms. The fourth-order valence-corrected chi connectivity index (χ4v) is 3.22. The lowest BCUT2D eigenvalue weighted by molar-refractivity contribution is 0.306. The van der Waals surface area contributed by atoms with Crippen LogP contribution in [-0.4, -0.2) is 12.1 Å². The van der Waals surface area contributed by atoms with Crippen molar-refractivity contribution in [1.29, 1.82) is 0 Å². The SMILES string of the molecule is COc1ccc(CNC(=S)c2cccc(OCc3ccc(Cl)cc3Cl)c2)cc1. The topological polar surface area (TPSA) is 30.5 Å². The summed E-state index contributed by atoms with van der Waals surface area (Å²) in [6.07, 6.45) is 0. The third-order valence-electron chi connectivity index (χ3n) is 4.12. The Kier molecular flexibility index (Phi) is 7.15. The van der Waals surface area contributed by atoms with Crippen molar-refractivity contribution in [2.75, 3.05) is 7.11 Å². The predicted molar refractivity (Wildman–Crippen MR) is 119 cm³/mol. The van der Waals surface area contributed by atoms with Gasteiger partial charge in [-0.15, -0.1) is 0 Å². The van der Waals surface area contributed by atoms with Gasteiger partial charge in [-0.05, 0) is 42.0 Å². The number of halogens is 2. The molecule has 0 saturated carbocycles. The molecule has 0 spiro atoms. The Morgan fingerprint density at radius 1 is 0.964 bits per heavy atom. The minimum Gasteiger partial charge on any atom is -0.497 e. The number of rotatable bonds is 7. The second-order valence-electron chi connectivity index (χ2n) is 6.08. The Balaban J connectivity index is 1.59. The van der Waals surface area contributed by atoms with Gasteiger partial charge in [0.25, 0.3) is 0 Å². The summed E-state index contributed by atoms with van der Waals surface area (Å²) in [6.45, 7) is 0.986. The number of nitrogens with one attached hydrogen (secondary N) is 1. The van der Waals surface area contributed by atoms with E-state index >= 15 is 0 Å². The van der Waals surface area contributed by atoms with Crippen molar-refractivity contribution in [1.82, 2.24) is 5.32 Å². The zero-order chi connectivity index (χ0) is 19.9. The number of thiocarbonyl (C=S) groups is 1. The molecule has 3 aromatic carbocycles. The first-order valence-electron chi connectivity index (χ1n) is 8.63. The van der Waals surface area contributed by atoms with Crippen LogP contribution in [-0.2, 0) is 13.2 Å². The molecule has 0 aromatic heterocycles. The highest BCUT2D eigenvalue weighted by Gasteiger charge is 2.06. The van der Waals surface area contributed by atoms with E-state index in [2.05, 4.69) is 5.32 Å². The molecule has 0 heterocycles. The van der Waals surface area contributed by atoms with Gasteiger partial charge >= 0.3 is 0 Å². The maximum Gasteiger partial charge on any atom is 0.120 e. The second kappa shape index (κ2) is 9.78. The lowest BCUT2D eigenvalue weighted by Gasteiger charge is -2.12. The molecule has 28 heavy (non-hydrogen) atoms. The maximum absolute atomic E-state index is 6.19. The molecule has 3 nitrogen and oxygen atoms in total. The Hall–Kier alpha value is -2.27. The van der Waals surface area contributed by atoms with Gasteiger partial charge in [-0.3, -0.25) is 0 Å². The Bertz CT molecular complexity index is 961. The summed E-state index contributed by atoms with van der Waals surface area (Å²) in [5, 5.41) is 4.45. The average molecular weight is 432 g/mol. The lowest BCUT2D eigenvalue weighted by atomic mass is 10.2. The molecule has 0 saturated heterocycles. The fraction of sp³-hybridized carbons (Fsp3) is 0.136. The summed E-state index contributed by atoms with van der Waals surface area (Å²) in [4.78, 5) is 0.658. The number of benzene rings is 3. The summed E-state index contributed by atoms with van der Waals surface area (Å²) >= 11 is 17.6. The van der Waals surface area contributed by atoms with Crippen molar-refractivity contribution < 1.29 is 9.47 Å². The van der Waals surface area contributed by atoms with Crippen LogP contribution in [0.1, 0.15) is 16.7 Å². The van der Waals surface area contributed by atoms with Crippen molar-refractivity contribution in [3.63, 3.8) is 0 Å². The summed E-state index contributed by atoms with van der Waals surface area (Å²) in [6, 6.07) is 20.9. The van der Waals surface area contributed by atoms with Gasteiger partial charge in [-0.2, -0.15) is 0 Å². The van der Waals surface area contributed by atoms with Crippen LogP contribution in [0.4, 0.5) is 0 Å². The van der Waals surface area contributed by atoms with Gasteiger partial charge < -0.3 is 14.8 Å². The summed E-state index contributed by atoms with van der Waals surface area (Å²) in [7, 11) is 1.65. The van der Waals surface area contributed by atoms with E-state index in [-0.39, 0.29) is 0 Å². The molecule has 0 fully saturated rings. The smallest absolute Gasteiger partial charge is 0.120 e. The third-order valence-corrected chi connectivity index (χ3v) is 5.08. The Morgan fingerprint density at radius 2 is 1.75 bits per heavy atom. The first kappa shape index (κ1) is 20.5. The number of hydrogen-bond acceptors (Lipinski definition) is 3. The Morgan fingerprint density at radius 3 is 2.46 bits per heavy atom. The van der Waals surface area contributed by atoms with E-state index in [4.69, 9.17) is 44.9 Å². The molecule has 0 aliphatic heterocycles. The maximum atomic E-state index is 6.19. The summed E-state index contributed by atoms with van der Waals surface area (Å²) in [5.41, 5.74) is 2.88. The third kappa shape index (κ3) is 5.61. The molecule has 0 bridgehead atoms. The van der Waals surface area contributed by atoms with E-state index in [1.807, 2.05) is 54.6 Å². The van der Waals surface area contributed by atoms with Crippen LogP contribution in [0.2, 0.25) is 10.0 Å². The normalized spacial score (nSPS) is 10.4. The molecule has 1 N–H and O–H groups in total. The monoisotopic (exact) mass is 431 g/mol. The molecule has 0 amide bonds. The van der Waals surface area contributed by atoms with Gasteiger partial charge in [0, 0.05) is 27.7 Å². The van der Waals surface area contributed by atoms with Gasteiger partial charge in [-0.25, -0.2) is 0 Å². The minimum absolute atomic E-state index is 0.353. The first-order chi connectivity index (χ1) is 13.5. The van der Waals surface area contributed by atoms with Gasteiger partial charge in [0.1, 0.15) is 23.1 Å². The molecule has 0 radical (unpaired) electrons. The highest BCUT2D eigenvalue weighted by atomic mass is 35.5. The van der Waals surface area contributed by atoms with E-state index in [1.54, 1.807) is 19.2 Å². The zero-order valence-corrected chi connectivity index (χ0v) is 17.6. The van der Waals surface area contributed by atoms with Crippen molar-refractivity contribution in [3.05, 3.63) is 93.5 Å². The van der Waals surface area contributed by atoms with E-state index in [0.29, 0.717) is 28.2 Å². The predicted octanol–water partition coefficient (Wildman–Crippen LogP) is 6.05. The number of hydrogen-bond donors (Lipinski definition) is 1. The van der Waals surface area contributed by atoms with Crippen LogP contribution < -0.4 is 14.8 Å². The van der Waals surface area contributed by atoms with E-state index < -0.39 is 0 Å². The van der Waals surface area contributed by atoms with Crippen LogP contribution >= 0.6 is 35.4 Å². The van der Waals surface area contributed by atoms with Crippen LogP contribution in [0.5, 0.6) is 11.5 Å². The molecule has 3 rings (SSSR count). The second-order valence-corrected chi connectivity index (χ2v) is 7.33. The van der Waals surface area contributed by atoms with E-state index in [9.17, 15) is 0 Å². The Labute approximate surface area is 180 Å². The zero-order valence-electron chi connectivity index (χ0n) is 15.2. The number of ether oxygens (including phenoxy) is 2. The van der Waals surface area contributed by atoms with Crippen LogP contribution in [0, 0.1) is 0 Å². The minimum atomic E-state index is 0.353.